The third-order valence-corrected chi connectivity index (χ3v) is 4.16. The van der Waals surface area contributed by atoms with E-state index in [0.29, 0.717) is 12.3 Å². The van der Waals surface area contributed by atoms with Crippen LogP contribution in [0.15, 0.2) is 12.1 Å². The Bertz CT molecular complexity index is 537. The molecular formula is C16H23ClF2N2O2. The monoisotopic (exact) mass is 348 g/mol. The Kier molecular flexibility index (Phi) is 7.72. The van der Waals surface area contributed by atoms with Crippen molar-refractivity contribution in [1.29, 1.82) is 0 Å². The summed E-state index contributed by atoms with van der Waals surface area (Å²) in [4.78, 5) is 12.0. The number of carbonyl (C=O) groups is 1. The zero-order chi connectivity index (χ0) is 16.1. The molecule has 2 unspecified atom stereocenters. The third kappa shape index (κ3) is 5.32. The lowest BCUT2D eigenvalue weighted by Crippen LogP contribution is -2.34. The second kappa shape index (κ2) is 9.03. The van der Waals surface area contributed by atoms with Gasteiger partial charge < -0.3 is 15.4 Å². The van der Waals surface area contributed by atoms with Crippen LogP contribution in [0.4, 0.5) is 14.5 Å². The van der Waals surface area contributed by atoms with Crippen LogP contribution in [0.2, 0.25) is 0 Å². The summed E-state index contributed by atoms with van der Waals surface area (Å²) in [5.41, 5.74) is -0.155. The largest absolute Gasteiger partial charge is 0.494 e. The predicted octanol–water partition coefficient (Wildman–Crippen LogP) is 3.36. The number of benzene rings is 1. The molecule has 0 radical (unpaired) electrons. The van der Waals surface area contributed by atoms with E-state index >= 15 is 0 Å². The van der Waals surface area contributed by atoms with E-state index in [1.54, 1.807) is 0 Å². The quantitative estimate of drug-likeness (QED) is 0.858. The molecule has 1 aromatic carbocycles. The molecule has 7 heteroatoms. The minimum absolute atomic E-state index is 0. The summed E-state index contributed by atoms with van der Waals surface area (Å²) in [5.74, 6) is -1.27. The van der Waals surface area contributed by atoms with Crippen molar-refractivity contribution < 1.29 is 18.3 Å². The van der Waals surface area contributed by atoms with E-state index < -0.39 is 11.6 Å². The van der Waals surface area contributed by atoms with Gasteiger partial charge in [0.15, 0.2) is 17.4 Å². The van der Waals surface area contributed by atoms with E-state index in [0.717, 1.165) is 38.1 Å². The van der Waals surface area contributed by atoms with Gasteiger partial charge in [-0.05, 0) is 37.8 Å². The Hall–Kier alpha value is -1.40. The first kappa shape index (κ1) is 19.6. The molecule has 0 aliphatic carbocycles. The van der Waals surface area contributed by atoms with Crippen LogP contribution >= 0.6 is 12.4 Å². The van der Waals surface area contributed by atoms with Gasteiger partial charge in [-0.1, -0.05) is 6.92 Å². The Labute approximate surface area is 141 Å². The summed E-state index contributed by atoms with van der Waals surface area (Å²) >= 11 is 0. The molecule has 0 aromatic heterocycles. The third-order valence-electron chi connectivity index (χ3n) is 4.16. The van der Waals surface area contributed by atoms with Gasteiger partial charge in [0.2, 0.25) is 5.91 Å². The molecule has 4 nitrogen and oxygen atoms in total. The Morgan fingerprint density at radius 1 is 1.43 bits per heavy atom. The highest BCUT2D eigenvalue weighted by atomic mass is 35.5. The maximum absolute atomic E-state index is 13.8. The van der Waals surface area contributed by atoms with E-state index in [1.165, 1.54) is 7.11 Å². The van der Waals surface area contributed by atoms with Gasteiger partial charge in [-0.15, -0.1) is 12.4 Å². The maximum atomic E-state index is 13.8. The zero-order valence-electron chi connectivity index (χ0n) is 13.3. The summed E-state index contributed by atoms with van der Waals surface area (Å²) in [6.45, 7) is 3.94. The van der Waals surface area contributed by atoms with Crippen molar-refractivity contribution in [3.8, 4) is 5.75 Å². The van der Waals surface area contributed by atoms with Gasteiger partial charge in [0.25, 0.3) is 0 Å². The topological polar surface area (TPSA) is 50.4 Å². The number of rotatable bonds is 5. The van der Waals surface area contributed by atoms with Crippen molar-refractivity contribution in [3.63, 3.8) is 0 Å². The first-order valence-corrected chi connectivity index (χ1v) is 7.55. The molecule has 2 N–H and O–H groups in total. The summed E-state index contributed by atoms with van der Waals surface area (Å²) in [5, 5.41) is 5.76. The average molecular weight is 349 g/mol. The summed E-state index contributed by atoms with van der Waals surface area (Å²) in [6.07, 6.45) is 2.49. The first-order chi connectivity index (χ1) is 10.5. The van der Waals surface area contributed by atoms with Gasteiger partial charge in [-0.2, -0.15) is 0 Å². The van der Waals surface area contributed by atoms with Gasteiger partial charge in [0.05, 0.1) is 12.8 Å². The fourth-order valence-corrected chi connectivity index (χ4v) is 2.81. The maximum Gasteiger partial charge on any atom is 0.224 e. The molecule has 1 fully saturated rings. The molecule has 0 saturated carbocycles. The van der Waals surface area contributed by atoms with Gasteiger partial charge in [-0.3, -0.25) is 4.79 Å². The standard InChI is InChI=1S/C16H22F2N2O2.ClH/c1-10(11-4-3-5-19-9-11)6-16(21)20-14-7-13(18)15(22-2)8-12(14)17;/h7-8,10-11,19H,3-6,9H2,1-2H3,(H,20,21);1H. The van der Waals surface area contributed by atoms with Crippen LogP contribution in [0.3, 0.4) is 0 Å². The molecule has 1 amide bonds. The number of methoxy groups -OCH3 is 1. The number of hydrogen-bond acceptors (Lipinski definition) is 3. The summed E-state index contributed by atoms with van der Waals surface area (Å²) in [6, 6.07) is 1.87. The number of halogens is 3. The number of amides is 1. The number of hydrogen-bond donors (Lipinski definition) is 2. The van der Waals surface area contributed by atoms with Crippen molar-refractivity contribution in [1.82, 2.24) is 5.32 Å². The minimum Gasteiger partial charge on any atom is -0.494 e. The van der Waals surface area contributed by atoms with E-state index in [4.69, 9.17) is 4.74 Å². The van der Waals surface area contributed by atoms with Crippen molar-refractivity contribution in [2.75, 3.05) is 25.5 Å². The average Bonchev–Trinajstić information content (AvgIpc) is 2.51. The molecule has 23 heavy (non-hydrogen) atoms. The van der Waals surface area contributed by atoms with Gasteiger partial charge >= 0.3 is 0 Å². The van der Waals surface area contributed by atoms with Gasteiger partial charge in [-0.25, -0.2) is 8.78 Å². The molecule has 130 valence electrons. The van der Waals surface area contributed by atoms with Crippen molar-refractivity contribution in [3.05, 3.63) is 23.8 Å². The van der Waals surface area contributed by atoms with Crippen LogP contribution in [0, 0.1) is 23.5 Å². The van der Waals surface area contributed by atoms with Crippen molar-refractivity contribution >= 4 is 24.0 Å². The number of nitrogens with one attached hydrogen (secondary N) is 2. The summed E-state index contributed by atoms with van der Waals surface area (Å²) < 4.78 is 32.1. The molecule has 1 aromatic rings. The fourth-order valence-electron chi connectivity index (χ4n) is 2.81. The fraction of sp³-hybridized carbons (Fsp3) is 0.562. The number of ether oxygens (including phenoxy) is 1. The SMILES string of the molecule is COc1cc(F)c(NC(=O)CC(C)C2CCCNC2)cc1F.Cl. The van der Waals surface area contributed by atoms with Gasteiger partial charge in [0.1, 0.15) is 0 Å². The molecule has 1 aliphatic heterocycles. The number of carbonyl (C=O) groups excluding carboxylic acids is 1. The lowest BCUT2D eigenvalue weighted by atomic mass is 9.85. The Balaban J connectivity index is 0.00000264. The second-order valence-electron chi connectivity index (χ2n) is 5.80. The predicted molar refractivity (Wildman–Crippen MR) is 88.2 cm³/mol. The van der Waals surface area contributed by atoms with E-state index in [-0.39, 0.29) is 35.7 Å². The van der Waals surface area contributed by atoms with Gasteiger partial charge in [0, 0.05) is 18.6 Å². The normalized spacial score (nSPS) is 18.7. The van der Waals surface area contributed by atoms with Crippen LogP contribution in [0.5, 0.6) is 5.75 Å². The lowest BCUT2D eigenvalue weighted by Gasteiger charge is -2.28. The van der Waals surface area contributed by atoms with E-state index in [9.17, 15) is 13.6 Å². The molecule has 1 aliphatic rings. The smallest absolute Gasteiger partial charge is 0.224 e. The van der Waals surface area contributed by atoms with Crippen molar-refractivity contribution in [2.24, 2.45) is 11.8 Å². The van der Waals surface area contributed by atoms with E-state index in [1.807, 2.05) is 6.92 Å². The van der Waals surface area contributed by atoms with E-state index in [2.05, 4.69) is 10.6 Å². The molecule has 0 bridgehead atoms. The molecule has 0 spiro atoms. The van der Waals surface area contributed by atoms with Crippen LogP contribution in [-0.2, 0) is 4.79 Å². The molecule has 2 atom stereocenters. The highest BCUT2D eigenvalue weighted by molar-refractivity contribution is 5.91. The van der Waals surface area contributed by atoms with Crippen molar-refractivity contribution in [2.45, 2.75) is 26.2 Å². The zero-order valence-corrected chi connectivity index (χ0v) is 14.1. The second-order valence-corrected chi connectivity index (χ2v) is 5.80. The molecule has 1 heterocycles. The first-order valence-electron chi connectivity index (χ1n) is 7.55. The molecule has 1 saturated heterocycles. The molecular weight excluding hydrogens is 326 g/mol. The van der Waals surface area contributed by atoms with Crippen LogP contribution in [0.1, 0.15) is 26.2 Å². The summed E-state index contributed by atoms with van der Waals surface area (Å²) in [7, 11) is 1.26. The van der Waals surface area contributed by atoms with Crippen LogP contribution < -0.4 is 15.4 Å². The highest BCUT2D eigenvalue weighted by Crippen LogP contribution is 2.26. The van der Waals surface area contributed by atoms with Crippen LogP contribution in [-0.4, -0.2) is 26.1 Å². The van der Waals surface area contributed by atoms with Crippen LogP contribution in [0.25, 0.3) is 0 Å². The number of piperidine rings is 1. The number of anilines is 1. The molecule has 2 rings (SSSR count). The minimum atomic E-state index is -0.710. The Morgan fingerprint density at radius 2 is 2.17 bits per heavy atom. The lowest BCUT2D eigenvalue weighted by molar-refractivity contribution is -0.117. The highest BCUT2D eigenvalue weighted by Gasteiger charge is 2.22. The Morgan fingerprint density at radius 3 is 2.78 bits per heavy atom.